The number of aromatic nitrogens is 2. The molecule has 1 aliphatic heterocycles. The monoisotopic (exact) mass is 453 g/mol. The molecule has 8 heteroatoms. The van der Waals surface area contributed by atoms with Crippen molar-refractivity contribution in [2.24, 2.45) is 0 Å². The van der Waals surface area contributed by atoms with Crippen LogP contribution in [0.3, 0.4) is 0 Å². The Kier molecular flexibility index (Phi) is 4.87. The fourth-order valence-corrected chi connectivity index (χ4v) is 4.47. The highest BCUT2D eigenvalue weighted by Gasteiger charge is 2.41. The summed E-state index contributed by atoms with van der Waals surface area (Å²) in [6, 6.07) is 8.36. The zero-order chi connectivity index (χ0) is 20.1. The van der Waals surface area contributed by atoms with E-state index < -0.39 is 18.8 Å². The topological polar surface area (TPSA) is 41.1 Å². The second kappa shape index (κ2) is 7.08. The number of hydrogen-bond donors (Lipinski definition) is 1. The Hall–Kier alpha value is -2.06. The van der Waals surface area contributed by atoms with E-state index in [-0.39, 0.29) is 6.04 Å². The first-order valence-corrected chi connectivity index (χ1v) is 9.68. The van der Waals surface area contributed by atoms with E-state index in [9.17, 15) is 13.2 Å². The van der Waals surface area contributed by atoms with Crippen molar-refractivity contribution in [3.8, 4) is 5.75 Å². The van der Waals surface area contributed by atoms with Crippen LogP contribution < -0.4 is 4.74 Å². The fraction of sp³-hybridized carbons (Fsp3) is 0.350. The van der Waals surface area contributed by atoms with E-state index in [0.717, 1.165) is 26.5 Å². The number of H-pyrrole nitrogens is 1. The first kappa shape index (κ1) is 19.3. The van der Waals surface area contributed by atoms with Crippen molar-refractivity contribution in [1.82, 2.24) is 15.1 Å². The Balaban J connectivity index is 1.94. The van der Waals surface area contributed by atoms with Gasteiger partial charge in [-0.15, -0.1) is 0 Å². The zero-order valence-corrected chi connectivity index (χ0v) is 16.9. The number of aromatic amines is 1. The van der Waals surface area contributed by atoms with E-state index in [4.69, 9.17) is 4.74 Å². The highest BCUT2D eigenvalue weighted by molar-refractivity contribution is 9.10. The molecule has 1 aromatic heterocycles. The Morgan fingerprint density at radius 2 is 2.00 bits per heavy atom. The SMILES string of the molecule is COc1cc(Br)ccc1[C@@H]1c2ccc3[nH]ncc3c2C[C@@H](C)N1CC(F)(F)F. The molecule has 2 aromatic carbocycles. The minimum Gasteiger partial charge on any atom is -0.496 e. The van der Waals surface area contributed by atoms with Gasteiger partial charge in [0.25, 0.3) is 0 Å². The third kappa shape index (κ3) is 3.39. The average Bonchev–Trinajstić information content (AvgIpc) is 3.11. The number of hydrogen-bond acceptors (Lipinski definition) is 3. The maximum Gasteiger partial charge on any atom is 0.401 e. The van der Waals surface area contributed by atoms with E-state index in [1.165, 1.54) is 12.0 Å². The number of benzene rings is 2. The molecular weight excluding hydrogens is 435 g/mol. The lowest BCUT2D eigenvalue weighted by Gasteiger charge is -2.43. The molecular formula is C20H19BrF3N3O. The first-order chi connectivity index (χ1) is 13.3. The molecule has 0 spiro atoms. The van der Waals surface area contributed by atoms with Crippen molar-refractivity contribution in [2.45, 2.75) is 31.6 Å². The van der Waals surface area contributed by atoms with Crippen molar-refractivity contribution in [1.29, 1.82) is 0 Å². The van der Waals surface area contributed by atoms with Crippen LogP contribution in [-0.4, -0.2) is 41.0 Å². The Bertz CT molecular complexity index is 1020. The van der Waals surface area contributed by atoms with Crippen LogP contribution in [0.25, 0.3) is 10.9 Å². The first-order valence-electron chi connectivity index (χ1n) is 8.89. The second-order valence-corrected chi connectivity index (χ2v) is 8.01. The number of nitrogens with zero attached hydrogens (tertiary/aromatic N) is 2. The van der Waals surface area contributed by atoms with Gasteiger partial charge in [-0.3, -0.25) is 10.00 Å². The predicted molar refractivity (Wildman–Crippen MR) is 105 cm³/mol. The normalized spacial score (nSPS) is 20.4. The largest absolute Gasteiger partial charge is 0.496 e. The van der Waals surface area contributed by atoms with Crippen LogP contribution in [0.2, 0.25) is 0 Å². The van der Waals surface area contributed by atoms with Gasteiger partial charge in [-0.1, -0.05) is 28.1 Å². The van der Waals surface area contributed by atoms with E-state index >= 15 is 0 Å². The van der Waals surface area contributed by atoms with Gasteiger partial charge in [0.1, 0.15) is 5.75 Å². The summed E-state index contributed by atoms with van der Waals surface area (Å²) in [7, 11) is 1.53. The van der Waals surface area contributed by atoms with E-state index in [2.05, 4.69) is 26.1 Å². The zero-order valence-electron chi connectivity index (χ0n) is 15.3. The number of halogens is 4. The molecule has 2 heterocycles. The lowest BCUT2D eigenvalue weighted by atomic mass is 9.83. The number of ether oxygens (including phenoxy) is 1. The molecule has 0 saturated carbocycles. The summed E-state index contributed by atoms with van der Waals surface area (Å²) < 4.78 is 46.6. The van der Waals surface area contributed by atoms with Crippen molar-refractivity contribution >= 4 is 26.8 Å². The lowest BCUT2D eigenvalue weighted by Crippen LogP contribution is -2.47. The maximum atomic E-state index is 13.4. The van der Waals surface area contributed by atoms with Crippen LogP contribution in [0.1, 0.15) is 29.7 Å². The van der Waals surface area contributed by atoms with Gasteiger partial charge < -0.3 is 4.74 Å². The molecule has 0 unspecified atom stereocenters. The Morgan fingerprint density at radius 3 is 2.71 bits per heavy atom. The van der Waals surface area contributed by atoms with Crippen LogP contribution in [-0.2, 0) is 6.42 Å². The van der Waals surface area contributed by atoms with Gasteiger partial charge in [0.2, 0.25) is 0 Å². The summed E-state index contributed by atoms with van der Waals surface area (Å²) in [5.41, 5.74) is 3.49. The summed E-state index contributed by atoms with van der Waals surface area (Å²) in [5.74, 6) is 0.555. The van der Waals surface area contributed by atoms with Gasteiger partial charge in [-0.25, -0.2) is 0 Å². The van der Waals surface area contributed by atoms with Crippen LogP contribution in [0.4, 0.5) is 13.2 Å². The van der Waals surface area contributed by atoms with Gasteiger partial charge in [-0.05, 0) is 42.7 Å². The smallest absolute Gasteiger partial charge is 0.401 e. The van der Waals surface area contributed by atoms with Crippen molar-refractivity contribution in [2.75, 3.05) is 13.7 Å². The standard InChI is InChI=1S/C20H19BrF3N3O/c1-11-7-15-13(5-6-17-16(15)9-25-26-17)19(27(11)10-20(22,23)24)14-4-3-12(21)8-18(14)28-2/h3-6,8-9,11,19H,7,10H2,1-2H3,(H,25,26)/t11-,19+/m1/s1. The molecule has 4 nitrogen and oxygen atoms in total. The molecule has 148 valence electrons. The summed E-state index contributed by atoms with van der Waals surface area (Å²) in [6.07, 6.45) is -2.03. The summed E-state index contributed by atoms with van der Waals surface area (Å²) >= 11 is 3.41. The number of nitrogens with one attached hydrogen (secondary N) is 1. The molecule has 0 aliphatic carbocycles. The molecule has 3 aromatic rings. The Labute approximate surface area is 168 Å². The molecule has 0 radical (unpaired) electrons. The third-order valence-electron chi connectivity index (χ3n) is 5.32. The van der Waals surface area contributed by atoms with Gasteiger partial charge in [0, 0.05) is 21.5 Å². The quantitative estimate of drug-likeness (QED) is 0.589. The molecule has 0 bridgehead atoms. The minimum atomic E-state index is -4.30. The van der Waals surface area contributed by atoms with Crippen LogP contribution in [0.5, 0.6) is 5.75 Å². The van der Waals surface area contributed by atoms with E-state index in [1.54, 1.807) is 12.3 Å². The Morgan fingerprint density at radius 1 is 1.25 bits per heavy atom. The van der Waals surface area contributed by atoms with Gasteiger partial charge in [0.15, 0.2) is 0 Å². The molecule has 28 heavy (non-hydrogen) atoms. The average molecular weight is 454 g/mol. The van der Waals surface area contributed by atoms with Crippen molar-refractivity contribution in [3.05, 3.63) is 57.7 Å². The maximum absolute atomic E-state index is 13.4. The number of rotatable bonds is 3. The van der Waals surface area contributed by atoms with Crippen molar-refractivity contribution in [3.63, 3.8) is 0 Å². The molecule has 0 amide bonds. The van der Waals surface area contributed by atoms with Gasteiger partial charge in [-0.2, -0.15) is 18.3 Å². The summed E-state index contributed by atoms with van der Waals surface area (Å²) in [6.45, 7) is 0.854. The van der Waals surface area contributed by atoms with Gasteiger partial charge >= 0.3 is 6.18 Å². The summed E-state index contributed by atoms with van der Waals surface area (Å²) in [5, 5.41) is 8.01. The molecule has 1 aliphatic rings. The van der Waals surface area contributed by atoms with Crippen LogP contribution in [0.15, 0.2) is 41.0 Å². The van der Waals surface area contributed by atoms with Crippen LogP contribution >= 0.6 is 15.9 Å². The summed E-state index contributed by atoms with van der Waals surface area (Å²) in [4.78, 5) is 1.51. The number of methoxy groups -OCH3 is 1. The molecule has 1 N–H and O–H groups in total. The van der Waals surface area contributed by atoms with E-state index in [1.807, 2.05) is 31.2 Å². The second-order valence-electron chi connectivity index (χ2n) is 7.09. The predicted octanol–water partition coefficient (Wildman–Crippen LogP) is 5.23. The van der Waals surface area contributed by atoms with Crippen molar-refractivity contribution < 1.29 is 17.9 Å². The minimum absolute atomic E-state index is 0.298. The molecule has 0 fully saturated rings. The third-order valence-corrected chi connectivity index (χ3v) is 5.81. The molecule has 0 saturated heterocycles. The lowest BCUT2D eigenvalue weighted by molar-refractivity contribution is -0.155. The van der Waals surface area contributed by atoms with Crippen LogP contribution in [0, 0.1) is 0 Å². The highest BCUT2D eigenvalue weighted by Crippen LogP contribution is 2.44. The molecule has 4 rings (SSSR count). The number of alkyl halides is 3. The number of fused-ring (bicyclic) bond motifs is 3. The van der Waals surface area contributed by atoms with E-state index in [0.29, 0.717) is 17.7 Å². The molecule has 2 atom stereocenters. The van der Waals surface area contributed by atoms with Gasteiger partial charge in [0.05, 0.1) is 31.4 Å². The highest BCUT2D eigenvalue weighted by atomic mass is 79.9. The fourth-order valence-electron chi connectivity index (χ4n) is 4.13.